The summed E-state index contributed by atoms with van der Waals surface area (Å²) in [5.41, 5.74) is 1.97. The lowest BCUT2D eigenvalue weighted by Gasteiger charge is -2.32. The quantitative estimate of drug-likeness (QED) is 0.744. The largest absolute Gasteiger partial charge is 0.356 e. The van der Waals surface area contributed by atoms with E-state index in [9.17, 15) is 9.59 Å². The van der Waals surface area contributed by atoms with Gasteiger partial charge in [-0.25, -0.2) is 4.79 Å². The maximum Gasteiger partial charge on any atom is 0.321 e. The summed E-state index contributed by atoms with van der Waals surface area (Å²) in [7, 11) is 0. The van der Waals surface area contributed by atoms with E-state index < -0.39 is 0 Å². The molecule has 0 bridgehead atoms. The van der Waals surface area contributed by atoms with Crippen LogP contribution in [0, 0.1) is 18.8 Å². The number of likely N-dealkylation sites (tertiary alicyclic amines) is 1. The molecule has 28 heavy (non-hydrogen) atoms. The Kier molecular flexibility index (Phi) is 7.75. The molecule has 0 aromatic heterocycles. The Morgan fingerprint density at radius 1 is 1.07 bits per heavy atom. The van der Waals surface area contributed by atoms with E-state index in [4.69, 9.17) is 0 Å². The van der Waals surface area contributed by atoms with Crippen LogP contribution in [0.5, 0.6) is 0 Å². The summed E-state index contributed by atoms with van der Waals surface area (Å²) in [4.78, 5) is 26.7. The molecule has 3 rings (SSSR count). The summed E-state index contributed by atoms with van der Waals surface area (Å²) in [6, 6.07) is 7.85. The SMILES string of the molecule is Cc1cccc(NC(=O)N2CCC[C@H](CCC(=O)NCC3CCCCC3)C2)c1. The molecule has 1 saturated heterocycles. The van der Waals surface area contributed by atoms with Crippen molar-refractivity contribution in [1.29, 1.82) is 0 Å². The van der Waals surface area contributed by atoms with E-state index in [-0.39, 0.29) is 11.9 Å². The lowest BCUT2D eigenvalue weighted by molar-refractivity contribution is -0.121. The first-order chi connectivity index (χ1) is 13.6. The Balaban J connectivity index is 1.38. The molecular weight excluding hydrogens is 350 g/mol. The normalized spacial score (nSPS) is 20.6. The Morgan fingerprint density at radius 3 is 2.64 bits per heavy atom. The number of nitrogens with zero attached hydrogens (tertiary/aromatic N) is 1. The summed E-state index contributed by atoms with van der Waals surface area (Å²) in [6.07, 6.45) is 10.0. The van der Waals surface area contributed by atoms with Crippen LogP contribution in [0.25, 0.3) is 0 Å². The monoisotopic (exact) mass is 385 g/mol. The van der Waals surface area contributed by atoms with Crippen molar-refractivity contribution in [3.63, 3.8) is 0 Å². The van der Waals surface area contributed by atoms with E-state index in [1.165, 1.54) is 32.1 Å². The van der Waals surface area contributed by atoms with Gasteiger partial charge in [-0.05, 0) is 68.6 Å². The fourth-order valence-electron chi connectivity index (χ4n) is 4.48. The van der Waals surface area contributed by atoms with E-state index in [0.717, 1.165) is 50.1 Å². The lowest BCUT2D eigenvalue weighted by atomic mass is 9.89. The fourth-order valence-corrected chi connectivity index (χ4v) is 4.48. The van der Waals surface area contributed by atoms with Crippen molar-refractivity contribution in [2.45, 2.75) is 64.7 Å². The van der Waals surface area contributed by atoms with Gasteiger partial charge in [0.15, 0.2) is 0 Å². The predicted octanol–water partition coefficient (Wildman–Crippen LogP) is 4.72. The van der Waals surface area contributed by atoms with Crippen LogP contribution in [-0.2, 0) is 4.79 Å². The molecule has 1 aromatic rings. The summed E-state index contributed by atoms with van der Waals surface area (Å²) in [6.45, 7) is 4.40. The van der Waals surface area contributed by atoms with Crippen molar-refractivity contribution in [2.24, 2.45) is 11.8 Å². The topological polar surface area (TPSA) is 61.4 Å². The molecule has 0 spiro atoms. The van der Waals surface area contributed by atoms with Gasteiger partial charge in [0.1, 0.15) is 0 Å². The molecule has 1 aromatic carbocycles. The number of amides is 3. The molecule has 5 heteroatoms. The standard InChI is InChI=1S/C23H35N3O2/c1-18-7-5-11-21(15-18)25-23(28)26-14-6-10-20(17-26)12-13-22(27)24-16-19-8-3-2-4-9-19/h5,7,11,15,19-20H,2-4,6,8-10,12-14,16-17H2,1H3,(H,24,27)(H,25,28)/t20-/m1/s1. The molecule has 0 unspecified atom stereocenters. The molecule has 1 heterocycles. The van der Waals surface area contributed by atoms with Gasteiger partial charge in [0.2, 0.25) is 5.91 Å². The summed E-state index contributed by atoms with van der Waals surface area (Å²) in [5, 5.41) is 6.13. The Morgan fingerprint density at radius 2 is 1.86 bits per heavy atom. The van der Waals surface area contributed by atoms with Crippen molar-refractivity contribution in [3.8, 4) is 0 Å². The number of nitrogens with one attached hydrogen (secondary N) is 2. The molecule has 1 aliphatic carbocycles. The summed E-state index contributed by atoms with van der Waals surface area (Å²) < 4.78 is 0. The van der Waals surface area contributed by atoms with E-state index in [2.05, 4.69) is 10.6 Å². The second-order valence-corrected chi connectivity index (χ2v) is 8.60. The number of aryl methyl sites for hydroxylation is 1. The zero-order valence-corrected chi connectivity index (χ0v) is 17.2. The third kappa shape index (κ3) is 6.54. The first-order valence-corrected chi connectivity index (χ1v) is 11.0. The van der Waals surface area contributed by atoms with Gasteiger partial charge in [-0.2, -0.15) is 0 Å². The smallest absolute Gasteiger partial charge is 0.321 e. The Bertz CT molecular complexity index is 655. The second kappa shape index (κ2) is 10.5. The van der Waals surface area contributed by atoms with E-state index in [0.29, 0.717) is 18.3 Å². The first-order valence-electron chi connectivity index (χ1n) is 11.0. The van der Waals surface area contributed by atoms with Gasteiger partial charge >= 0.3 is 6.03 Å². The van der Waals surface area contributed by atoms with Crippen LogP contribution in [-0.4, -0.2) is 36.5 Å². The number of rotatable bonds is 6. The number of benzene rings is 1. The average molecular weight is 386 g/mol. The minimum Gasteiger partial charge on any atom is -0.356 e. The van der Waals surface area contributed by atoms with Crippen LogP contribution >= 0.6 is 0 Å². The molecular formula is C23H35N3O2. The maximum absolute atomic E-state index is 12.6. The molecule has 154 valence electrons. The number of anilines is 1. The average Bonchev–Trinajstić information content (AvgIpc) is 2.72. The van der Waals surface area contributed by atoms with Crippen LogP contribution in [0.2, 0.25) is 0 Å². The molecule has 1 atom stereocenters. The molecule has 2 fully saturated rings. The molecule has 5 nitrogen and oxygen atoms in total. The van der Waals surface area contributed by atoms with Crippen LogP contribution < -0.4 is 10.6 Å². The van der Waals surface area contributed by atoms with Crippen LogP contribution in [0.15, 0.2) is 24.3 Å². The minimum absolute atomic E-state index is 0.0305. The number of carbonyl (C=O) groups excluding carboxylic acids is 2. The van der Waals surface area contributed by atoms with Crippen molar-refractivity contribution < 1.29 is 9.59 Å². The van der Waals surface area contributed by atoms with Gasteiger partial charge in [0, 0.05) is 31.7 Å². The minimum atomic E-state index is -0.0305. The maximum atomic E-state index is 12.6. The highest BCUT2D eigenvalue weighted by molar-refractivity contribution is 5.89. The number of piperidine rings is 1. The van der Waals surface area contributed by atoms with Gasteiger partial charge in [0.05, 0.1) is 0 Å². The molecule has 2 N–H and O–H groups in total. The molecule has 3 amide bonds. The predicted molar refractivity (Wildman–Crippen MR) is 113 cm³/mol. The van der Waals surface area contributed by atoms with E-state index in [1.807, 2.05) is 36.1 Å². The zero-order chi connectivity index (χ0) is 19.8. The van der Waals surface area contributed by atoms with Crippen molar-refractivity contribution in [2.75, 3.05) is 25.0 Å². The highest BCUT2D eigenvalue weighted by Gasteiger charge is 2.24. The van der Waals surface area contributed by atoms with Crippen molar-refractivity contribution in [3.05, 3.63) is 29.8 Å². The van der Waals surface area contributed by atoms with Crippen molar-refractivity contribution in [1.82, 2.24) is 10.2 Å². The lowest BCUT2D eigenvalue weighted by Crippen LogP contribution is -2.42. The fraction of sp³-hybridized carbons (Fsp3) is 0.652. The number of hydrogen-bond acceptors (Lipinski definition) is 2. The van der Waals surface area contributed by atoms with E-state index in [1.54, 1.807) is 0 Å². The molecule has 0 radical (unpaired) electrons. The van der Waals surface area contributed by atoms with Gasteiger partial charge in [-0.15, -0.1) is 0 Å². The highest BCUT2D eigenvalue weighted by Crippen LogP contribution is 2.24. The van der Waals surface area contributed by atoms with Gasteiger partial charge in [0.25, 0.3) is 0 Å². The Labute approximate surface area is 169 Å². The van der Waals surface area contributed by atoms with Gasteiger partial charge in [-0.3, -0.25) is 4.79 Å². The number of hydrogen-bond donors (Lipinski definition) is 2. The zero-order valence-electron chi connectivity index (χ0n) is 17.2. The molecule has 2 aliphatic rings. The van der Waals surface area contributed by atoms with Crippen LogP contribution in [0.3, 0.4) is 0 Å². The Hall–Kier alpha value is -2.04. The molecule has 1 aliphatic heterocycles. The highest BCUT2D eigenvalue weighted by atomic mass is 16.2. The van der Waals surface area contributed by atoms with E-state index >= 15 is 0 Å². The van der Waals surface area contributed by atoms with Crippen LogP contribution in [0.1, 0.15) is 63.4 Å². The number of carbonyl (C=O) groups is 2. The van der Waals surface area contributed by atoms with Crippen molar-refractivity contribution >= 4 is 17.6 Å². The molecule has 1 saturated carbocycles. The number of urea groups is 1. The summed E-state index contributed by atoms with van der Waals surface area (Å²) in [5.74, 6) is 1.26. The van der Waals surface area contributed by atoms with Gasteiger partial charge < -0.3 is 15.5 Å². The summed E-state index contributed by atoms with van der Waals surface area (Å²) >= 11 is 0. The third-order valence-corrected chi connectivity index (χ3v) is 6.17. The second-order valence-electron chi connectivity index (χ2n) is 8.60. The first kappa shape index (κ1) is 20.7. The van der Waals surface area contributed by atoms with Gasteiger partial charge in [-0.1, -0.05) is 31.4 Å². The van der Waals surface area contributed by atoms with Crippen LogP contribution in [0.4, 0.5) is 10.5 Å². The third-order valence-electron chi connectivity index (χ3n) is 6.17.